The molecule has 0 spiro atoms. The topological polar surface area (TPSA) is 21.7 Å². The maximum atomic E-state index is 6.27. The Morgan fingerprint density at radius 3 is 2.27 bits per heavy atom. The Labute approximate surface area is 146 Å². The SMILES string of the molecule is CC(C(OP(C)(=S)OCC(C)(C)S)c1ccccc1)N(C)C. The molecule has 0 aromatic heterocycles. The lowest BCUT2D eigenvalue weighted by Gasteiger charge is -2.33. The summed E-state index contributed by atoms with van der Waals surface area (Å²) >= 11 is 10.1. The van der Waals surface area contributed by atoms with Gasteiger partial charge >= 0.3 is 0 Å². The van der Waals surface area contributed by atoms with Gasteiger partial charge in [0.15, 0.2) is 6.49 Å². The monoisotopic (exact) mass is 361 g/mol. The fourth-order valence-corrected chi connectivity index (χ4v) is 3.78. The van der Waals surface area contributed by atoms with Crippen LogP contribution in [-0.4, -0.2) is 43.1 Å². The molecule has 3 atom stereocenters. The van der Waals surface area contributed by atoms with Crippen LogP contribution in [0.25, 0.3) is 0 Å². The fraction of sp³-hybridized carbons (Fsp3) is 0.625. The normalized spacial score (nSPS) is 18.0. The van der Waals surface area contributed by atoms with Gasteiger partial charge in [0.25, 0.3) is 0 Å². The van der Waals surface area contributed by atoms with E-state index in [4.69, 9.17) is 20.9 Å². The van der Waals surface area contributed by atoms with Crippen molar-refractivity contribution in [3.05, 3.63) is 35.9 Å². The smallest absolute Gasteiger partial charge is 0.186 e. The van der Waals surface area contributed by atoms with E-state index in [1.807, 2.05) is 52.8 Å². The first kappa shape index (κ1) is 20.1. The fourth-order valence-electron chi connectivity index (χ4n) is 1.85. The second-order valence-electron chi connectivity index (χ2n) is 6.50. The summed E-state index contributed by atoms with van der Waals surface area (Å²) in [5, 5.41) is 0. The molecule has 0 fully saturated rings. The van der Waals surface area contributed by atoms with E-state index in [9.17, 15) is 0 Å². The molecule has 0 aliphatic rings. The second kappa shape index (κ2) is 8.27. The first-order chi connectivity index (χ1) is 10.0. The van der Waals surface area contributed by atoms with E-state index in [2.05, 4.69) is 36.6 Å². The first-order valence-electron chi connectivity index (χ1n) is 7.36. The third-order valence-electron chi connectivity index (χ3n) is 3.34. The highest BCUT2D eigenvalue weighted by atomic mass is 32.5. The van der Waals surface area contributed by atoms with Crippen molar-refractivity contribution in [3.63, 3.8) is 0 Å². The highest BCUT2D eigenvalue weighted by molar-refractivity contribution is 8.09. The Kier molecular flexibility index (Phi) is 7.58. The van der Waals surface area contributed by atoms with Crippen molar-refractivity contribution >= 4 is 30.9 Å². The molecule has 0 radical (unpaired) electrons. The lowest BCUT2D eigenvalue weighted by Crippen LogP contribution is -2.32. The largest absolute Gasteiger partial charge is 0.328 e. The summed E-state index contributed by atoms with van der Waals surface area (Å²) < 4.78 is 11.9. The van der Waals surface area contributed by atoms with Crippen LogP contribution in [0.2, 0.25) is 0 Å². The summed E-state index contributed by atoms with van der Waals surface area (Å²) in [5.74, 6) is 0. The zero-order chi connectivity index (χ0) is 17.0. The lowest BCUT2D eigenvalue weighted by molar-refractivity contribution is 0.0989. The number of thiol groups is 1. The van der Waals surface area contributed by atoms with Gasteiger partial charge < -0.3 is 13.9 Å². The Hall–Kier alpha value is 0.1000. The number of hydrogen-bond donors (Lipinski definition) is 1. The molecule has 126 valence electrons. The van der Waals surface area contributed by atoms with Crippen molar-refractivity contribution in [1.82, 2.24) is 4.90 Å². The molecule has 1 aromatic rings. The van der Waals surface area contributed by atoms with E-state index in [1.54, 1.807) is 0 Å². The summed E-state index contributed by atoms with van der Waals surface area (Å²) in [6.45, 7) is 6.16. The molecular formula is C16H28NO2PS2. The summed E-state index contributed by atoms with van der Waals surface area (Å²) in [7, 11) is 4.08. The summed E-state index contributed by atoms with van der Waals surface area (Å²) in [6, 6.07) is 10.4. The molecule has 0 heterocycles. The number of hydrogen-bond acceptors (Lipinski definition) is 5. The van der Waals surface area contributed by atoms with Gasteiger partial charge in [-0.3, -0.25) is 0 Å². The third-order valence-corrected chi connectivity index (χ3v) is 5.25. The minimum absolute atomic E-state index is 0.116. The quantitative estimate of drug-likeness (QED) is 0.548. The van der Waals surface area contributed by atoms with Gasteiger partial charge in [0.05, 0.1) is 6.61 Å². The van der Waals surface area contributed by atoms with Gasteiger partial charge in [-0.05, 0) is 52.2 Å². The molecule has 0 bridgehead atoms. The molecule has 3 nitrogen and oxygen atoms in total. The van der Waals surface area contributed by atoms with Gasteiger partial charge in [0.1, 0.15) is 6.10 Å². The lowest BCUT2D eigenvalue weighted by atomic mass is 10.0. The Bertz CT molecular complexity index is 503. The second-order valence-corrected chi connectivity index (χ2v) is 11.7. The number of benzene rings is 1. The van der Waals surface area contributed by atoms with Gasteiger partial charge in [0.2, 0.25) is 0 Å². The molecule has 0 aliphatic carbocycles. The van der Waals surface area contributed by atoms with E-state index in [0.29, 0.717) is 6.61 Å². The number of rotatable bonds is 8. The molecule has 22 heavy (non-hydrogen) atoms. The molecule has 3 unspecified atom stereocenters. The molecular weight excluding hydrogens is 333 g/mol. The molecule has 0 saturated heterocycles. The predicted molar refractivity (Wildman–Crippen MR) is 103 cm³/mol. The highest BCUT2D eigenvalue weighted by Crippen LogP contribution is 2.50. The summed E-state index contributed by atoms with van der Waals surface area (Å²) in [4.78, 5) is 2.13. The molecule has 0 N–H and O–H groups in total. The average molecular weight is 362 g/mol. The van der Waals surface area contributed by atoms with Crippen LogP contribution in [0, 0.1) is 0 Å². The molecule has 0 amide bonds. The molecule has 0 aliphatic heterocycles. The standard InChI is InChI=1S/C16H28NO2PS2/c1-13(17(4)5)15(14-10-8-7-9-11-14)19-20(6,22)18-12-16(2,3)21/h7-11,13,15,21H,12H2,1-6H3. The third kappa shape index (κ3) is 7.12. The van der Waals surface area contributed by atoms with E-state index in [0.717, 1.165) is 5.56 Å². The predicted octanol–water partition coefficient (Wildman–Crippen LogP) is 4.36. The van der Waals surface area contributed by atoms with Crippen LogP contribution in [0.1, 0.15) is 32.4 Å². The summed E-state index contributed by atoms with van der Waals surface area (Å²) in [5.41, 5.74) is 1.12. The van der Waals surface area contributed by atoms with Gasteiger partial charge in [0, 0.05) is 17.5 Å². The first-order valence-corrected chi connectivity index (χ1v) is 10.9. The van der Waals surface area contributed by atoms with Gasteiger partial charge in [-0.15, -0.1) is 0 Å². The van der Waals surface area contributed by atoms with Crippen LogP contribution >= 0.6 is 19.1 Å². The van der Waals surface area contributed by atoms with Gasteiger partial charge in [-0.1, -0.05) is 30.3 Å². The van der Waals surface area contributed by atoms with E-state index in [-0.39, 0.29) is 16.9 Å². The van der Waals surface area contributed by atoms with Crippen molar-refractivity contribution in [2.45, 2.75) is 37.7 Å². The van der Waals surface area contributed by atoms with Crippen molar-refractivity contribution in [1.29, 1.82) is 0 Å². The van der Waals surface area contributed by atoms with Gasteiger partial charge in [-0.2, -0.15) is 12.6 Å². The maximum absolute atomic E-state index is 6.27. The highest BCUT2D eigenvalue weighted by Gasteiger charge is 2.28. The van der Waals surface area contributed by atoms with Crippen LogP contribution in [0.3, 0.4) is 0 Å². The average Bonchev–Trinajstić information content (AvgIpc) is 2.42. The molecule has 1 rings (SSSR count). The van der Waals surface area contributed by atoms with Crippen molar-refractivity contribution in [2.75, 3.05) is 27.4 Å². The minimum atomic E-state index is -2.35. The van der Waals surface area contributed by atoms with E-state index >= 15 is 0 Å². The molecule has 6 heteroatoms. The Morgan fingerprint density at radius 2 is 1.82 bits per heavy atom. The van der Waals surface area contributed by atoms with Gasteiger partial charge in [-0.25, -0.2) is 0 Å². The van der Waals surface area contributed by atoms with Crippen LogP contribution < -0.4 is 0 Å². The Morgan fingerprint density at radius 1 is 1.27 bits per heavy atom. The molecule has 1 aromatic carbocycles. The zero-order valence-electron chi connectivity index (χ0n) is 14.3. The van der Waals surface area contributed by atoms with Crippen LogP contribution in [-0.2, 0) is 20.9 Å². The zero-order valence-corrected chi connectivity index (χ0v) is 16.9. The maximum Gasteiger partial charge on any atom is 0.186 e. The van der Waals surface area contributed by atoms with Crippen molar-refractivity contribution in [2.24, 2.45) is 0 Å². The van der Waals surface area contributed by atoms with Crippen LogP contribution in [0.4, 0.5) is 0 Å². The minimum Gasteiger partial charge on any atom is -0.328 e. The Balaban J connectivity index is 2.91. The van der Waals surface area contributed by atoms with E-state index < -0.39 is 6.49 Å². The van der Waals surface area contributed by atoms with Crippen molar-refractivity contribution in [3.8, 4) is 0 Å². The number of likely N-dealkylation sites (N-methyl/N-ethyl adjacent to an activating group) is 1. The molecule has 0 saturated carbocycles. The van der Waals surface area contributed by atoms with Crippen molar-refractivity contribution < 1.29 is 9.05 Å². The van der Waals surface area contributed by atoms with Crippen LogP contribution in [0.5, 0.6) is 0 Å². The number of nitrogens with zero attached hydrogens (tertiary/aromatic N) is 1. The van der Waals surface area contributed by atoms with Crippen LogP contribution in [0.15, 0.2) is 30.3 Å². The summed E-state index contributed by atoms with van der Waals surface area (Å²) in [6.07, 6.45) is -0.116. The van der Waals surface area contributed by atoms with E-state index in [1.165, 1.54) is 0 Å².